The van der Waals surface area contributed by atoms with Crippen molar-refractivity contribution in [1.29, 1.82) is 0 Å². The lowest BCUT2D eigenvalue weighted by atomic mass is 10.1. The van der Waals surface area contributed by atoms with E-state index in [1.54, 1.807) is 0 Å². The maximum atomic E-state index is 11.5. The molecular formula is C14H20BrNO2. The first-order valence-corrected chi connectivity index (χ1v) is 7.02. The molecule has 0 unspecified atom stereocenters. The minimum atomic E-state index is -0.0679. The minimum Gasteiger partial charge on any atom is -0.484 e. The van der Waals surface area contributed by atoms with Gasteiger partial charge in [-0.3, -0.25) is 4.79 Å². The third-order valence-corrected chi connectivity index (χ3v) is 2.99. The van der Waals surface area contributed by atoms with Crippen LogP contribution in [0.1, 0.15) is 26.7 Å². The van der Waals surface area contributed by atoms with Crippen molar-refractivity contribution in [2.75, 3.05) is 13.2 Å². The molecule has 0 aliphatic heterocycles. The molecule has 1 aromatic rings. The van der Waals surface area contributed by atoms with E-state index in [2.05, 4.69) is 35.1 Å². The average Bonchev–Trinajstić information content (AvgIpc) is 2.34. The number of nitrogens with one attached hydrogen (secondary N) is 1. The Morgan fingerprint density at radius 1 is 1.33 bits per heavy atom. The van der Waals surface area contributed by atoms with Crippen LogP contribution in [0.5, 0.6) is 5.75 Å². The van der Waals surface area contributed by atoms with Crippen LogP contribution in [-0.2, 0) is 4.79 Å². The Kier molecular flexibility index (Phi) is 6.80. The molecule has 0 fully saturated rings. The summed E-state index contributed by atoms with van der Waals surface area (Å²) in [6, 6.07) is 7.43. The summed E-state index contributed by atoms with van der Waals surface area (Å²) in [5.74, 6) is 1.32. The molecule has 1 aromatic carbocycles. The van der Waals surface area contributed by atoms with E-state index in [1.165, 1.54) is 0 Å². The predicted octanol–water partition coefficient (Wildman–Crippen LogP) is 3.38. The summed E-state index contributed by atoms with van der Waals surface area (Å²) in [7, 11) is 0. The zero-order valence-corrected chi connectivity index (χ0v) is 12.5. The second kappa shape index (κ2) is 8.14. The summed E-state index contributed by atoms with van der Waals surface area (Å²) in [5, 5.41) is 2.85. The summed E-state index contributed by atoms with van der Waals surface area (Å²) in [6.45, 7) is 5.15. The Morgan fingerprint density at radius 3 is 2.61 bits per heavy atom. The molecule has 4 heteroatoms. The van der Waals surface area contributed by atoms with Gasteiger partial charge in [0.1, 0.15) is 5.75 Å². The molecule has 0 heterocycles. The van der Waals surface area contributed by atoms with E-state index in [0.717, 1.165) is 23.9 Å². The number of carbonyl (C=O) groups excluding carboxylic acids is 1. The highest BCUT2D eigenvalue weighted by Gasteiger charge is 2.02. The van der Waals surface area contributed by atoms with Gasteiger partial charge in [-0.25, -0.2) is 0 Å². The molecule has 0 aromatic heterocycles. The number of hydrogen-bond donors (Lipinski definition) is 1. The van der Waals surface area contributed by atoms with Crippen molar-refractivity contribution in [1.82, 2.24) is 5.32 Å². The van der Waals surface area contributed by atoms with E-state index in [-0.39, 0.29) is 12.5 Å². The van der Waals surface area contributed by atoms with Gasteiger partial charge in [0.15, 0.2) is 6.61 Å². The Hall–Kier alpha value is -1.03. The molecule has 100 valence electrons. The van der Waals surface area contributed by atoms with Crippen LogP contribution in [0.25, 0.3) is 0 Å². The van der Waals surface area contributed by atoms with Crippen molar-refractivity contribution in [2.24, 2.45) is 5.92 Å². The Balaban J connectivity index is 2.15. The summed E-state index contributed by atoms with van der Waals surface area (Å²) < 4.78 is 6.36. The monoisotopic (exact) mass is 313 g/mol. The normalized spacial score (nSPS) is 10.4. The molecule has 0 aliphatic carbocycles. The van der Waals surface area contributed by atoms with Gasteiger partial charge in [-0.2, -0.15) is 0 Å². The number of halogens is 1. The van der Waals surface area contributed by atoms with Crippen LogP contribution in [-0.4, -0.2) is 19.1 Å². The van der Waals surface area contributed by atoms with Gasteiger partial charge in [0.05, 0.1) is 0 Å². The molecular weight excluding hydrogens is 294 g/mol. The zero-order chi connectivity index (χ0) is 13.4. The van der Waals surface area contributed by atoms with E-state index in [4.69, 9.17) is 4.74 Å². The van der Waals surface area contributed by atoms with Crippen LogP contribution >= 0.6 is 15.9 Å². The van der Waals surface area contributed by atoms with Gasteiger partial charge >= 0.3 is 0 Å². The maximum absolute atomic E-state index is 11.5. The van der Waals surface area contributed by atoms with Gasteiger partial charge in [0, 0.05) is 11.0 Å². The number of hydrogen-bond acceptors (Lipinski definition) is 2. The number of carbonyl (C=O) groups is 1. The molecule has 18 heavy (non-hydrogen) atoms. The van der Waals surface area contributed by atoms with Crippen LogP contribution < -0.4 is 10.1 Å². The average molecular weight is 314 g/mol. The lowest BCUT2D eigenvalue weighted by Crippen LogP contribution is -2.29. The smallest absolute Gasteiger partial charge is 0.257 e. The zero-order valence-electron chi connectivity index (χ0n) is 10.9. The highest BCUT2D eigenvalue weighted by Crippen LogP contribution is 2.15. The summed E-state index contributed by atoms with van der Waals surface area (Å²) in [6.07, 6.45) is 2.15. The number of benzene rings is 1. The standard InChI is InChI=1S/C14H20BrNO2/c1-11(2)4-3-9-16-14(17)10-18-13-7-5-12(15)6-8-13/h5-8,11H,3-4,9-10H2,1-2H3,(H,16,17). The number of amides is 1. The van der Waals surface area contributed by atoms with Crippen molar-refractivity contribution in [3.05, 3.63) is 28.7 Å². The highest BCUT2D eigenvalue weighted by atomic mass is 79.9. The molecule has 1 rings (SSSR count). The predicted molar refractivity (Wildman–Crippen MR) is 76.7 cm³/mol. The van der Waals surface area contributed by atoms with Crippen LogP contribution in [0.15, 0.2) is 28.7 Å². The van der Waals surface area contributed by atoms with Crippen LogP contribution in [0.4, 0.5) is 0 Å². The first kappa shape index (κ1) is 15.0. The molecule has 0 bridgehead atoms. The van der Waals surface area contributed by atoms with E-state index in [0.29, 0.717) is 11.7 Å². The van der Waals surface area contributed by atoms with Gasteiger partial charge in [-0.05, 0) is 43.0 Å². The highest BCUT2D eigenvalue weighted by molar-refractivity contribution is 9.10. The van der Waals surface area contributed by atoms with Crippen molar-refractivity contribution in [3.63, 3.8) is 0 Å². The molecule has 3 nitrogen and oxygen atoms in total. The van der Waals surface area contributed by atoms with Crippen molar-refractivity contribution >= 4 is 21.8 Å². The summed E-state index contributed by atoms with van der Waals surface area (Å²) in [4.78, 5) is 11.5. The van der Waals surface area contributed by atoms with Crippen molar-refractivity contribution < 1.29 is 9.53 Å². The van der Waals surface area contributed by atoms with Crippen LogP contribution in [0.2, 0.25) is 0 Å². The Bertz CT molecular complexity index is 363. The van der Waals surface area contributed by atoms with E-state index in [9.17, 15) is 4.79 Å². The molecule has 0 radical (unpaired) electrons. The van der Waals surface area contributed by atoms with Crippen molar-refractivity contribution in [3.8, 4) is 5.75 Å². The van der Waals surface area contributed by atoms with Gasteiger partial charge in [0.2, 0.25) is 0 Å². The minimum absolute atomic E-state index is 0.0679. The van der Waals surface area contributed by atoms with E-state index < -0.39 is 0 Å². The molecule has 1 amide bonds. The van der Waals surface area contributed by atoms with Crippen LogP contribution in [0.3, 0.4) is 0 Å². The van der Waals surface area contributed by atoms with E-state index in [1.807, 2.05) is 24.3 Å². The lowest BCUT2D eigenvalue weighted by Gasteiger charge is -2.08. The summed E-state index contributed by atoms with van der Waals surface area (Å²) >= 11 is 3.34. The molecule has 0 saturated carbocycles. The number of rotatable bonds is 7. The second-order valence-electron chi connectivity index (χ2n) is 4.63. The van der Waals surface area contributed by atoms with Gasteiger partial charge in [-0.1, -0.05) is 29.8 Å². The fourth-order valence-corrected chi connectivity index (χ4v) is 1.73. The quantitative estimate of drug-likeness (QED) is 0.784. The maximum Gasteiger partial charge on any atom is 0.257 e. The van der Waals surface area contributed by atoms with Gasteiger partial charge in [0.25, 0.3) is 5.91 Å². The topological polar surface area (TPSA) is 38.3 Å². The lowest BCUT2D eigenvalue weighted by molar-refractivity contribution is -0.123. The molecule has 0 atom stereocenters. The van der Waals surface area contributed by atoms with Gasteiger partial charge in [-0.15, -0.1) is 0 Å². The van der Waals surface area contributed by atoms with E-state index >= 15 is 0 Å². The molecule has 0 spiro atoms. The number of ether oxygens (including phenoxy) is 1. The molecule has 1 N–H and O–H groups in total. The first-order valence-electron chi connectivity index (χ1n) is 6.23. The third kappa shape index (κ3) is 6.64. The first-order chi connectivity index (χ1) is 8.58. The fraction of sp³-hybridized carbons (Fsp3) is 0.500. The SMILES string of the molecule is CC(C)CCCNC(=O)COc1ccc(Br)cc1. The molecule has 0 aliphatic rings. The Morgan fingerprint density at radius 2 is 2.00 bits per heavy atom. The van der Waals surface area contributed by atoms with Crippen molar-refractivity contribution in [2.45, 2.75) is 26.7 Å². The van der Waals surface area contributed by atoms with Gasteiger partial charge < -0.3 is 10.1 Å². The largest absolute Gasteiger partial charge is 0.484 e. The molecule has 0 saturated heterocycles. The second-order valence-corrected chi connectivity index (χ2v) is 5.54. The van der Waals surface area contributed by atoms with Crippen LogP contribution in [0, 0.1) is 5.92 Å². The summed E-state index contributed by atoms with van der Waals surface area (Å²) in [5.41, 5.74) is 0. The third-order valence-electron chi connectivity index (χ3n) is 2.46. The fourth-order valence-electron chi connectivity index (χ4n) is 1.47. The Labute approximate surface area is 117 Å².